The summed E-state index contributed by atoms with van der Waals surface area (Å²) in [4.78, 5) is 8.51. The molecule has 3 aromatic heterocycles. The number of benzene rings is 1. The van der Waals surface area contributed by atoms with Gasteiger partial charge in [-0.2, -0.15) is 0 Å². The SMILES string of the molecule is c1ccc(-c2ccc(NCc3cccnc3-n3ccnc3)nn2)cc1. The lowest BCUT2D eigenvalue weighted by atomic mass is 10.1. The summed E-state index contributed by atoms with van der Waals surface area (Å²) in [5, 5.41) is 11.8. The van der Waals surface area contributed by atoms with E-state index in [2.05, 4.69) is 25.5 Å². The van der Waals surface area contributed by atoms with E-state index in [1.165, 1.54) is 0 Å². The minimum absolute atomic E-state index is 0.598. The van der Waals surface area contributed by atoms with E-state index in [0.717, 1.165) is 28.5 Å². The van der Waals surface area contributed by atoms with Gasteiger partial charge in [-0.25, -0.2) is 9.97 Å². The second-order valence-corrected chi connectivity index (χ2v) is 5.48. The molecule has 0 aliphatic carbocycles. The highest BCUT2D eigenvalue weighted by molar-refractivity contribution is 5.59. The summed E-state index contributed by atoms with van der Waals surface area (Å²) in [6, 6.07) is 17.8. The van der Waals surface area contributed by atoms with Gasteiger partial charge in [-0.05, 0) is 18.2 Å². The zero-order valence-electron chi connectivity index (χ0n) is 13.4. The van der Waals surface area contributed by atoms with E-state index in [1.807, 2.05) is 65.4 Å². The number of rotatable bonds is 5. The van der Waals surface area contributed by atoms with Crippen LogP contribution in [-0.2, 0) is 6.54 Å². The zero-order valence-corrected chi connectivity index (χ0v) is 13.4. The third-order valence-electron chi connectivity index (χ3n) is 3.81. The first-order valence-corrected chi connectivity index (χ1v) is 7.95. The van der Waals surface area contributed by atoms with Crippen molar-refractivity contribution in [2.24, 2.45) is 0 Å². The molecule has 1 aromatic carbocycles. The third-order valence-corrected chi connectivity index (χ3v) is 3.81. The van der Waals surface area contributed by atoms with Gasteiger partial charge in [0.1, 0.15) is 18.0 Å². The molecule has 0 aliphatic rings. The van der Waals surface area contributed by atoms with Gasteiger partial charge in [0, 0.05) is 36.3 Å². The van der Waals surface area contributed by atoms with Crippen LogP contribution in [0.3, 0.4) is 0 Å². The normalized spacial score (nSPS) is 10.6. The maximum absolute atomic E-state index is 4.43. The summed E-state index contributed by atoms with van der Waals surface area (Å²) < 4.78 is 1.89. The molecule has 0 bridgehead atoms. The third kappa shape index (κ3) is 3.37. The minimum atomic E-state index is 0.598. The van der Waals surface area contributed by atoms with Gasteiger partial charge in [0.2, 0.25) is 0 Å². The molecule has 0 saturated carbocycles. The molecule has 0 saturated heterocycles. The van der Waals surface area contributed by atoms with Crippen LogP contribution in [-0.4, -0.2) is 24.7 Å². The number of pyridine rings is 1. The van der Waals surface area contributed by atoms with Gasteiger partial charge in [0.05, 0.1) is 5.69 Å². The fraction of sp³-hybridized carbons (Fsp3) is 0.0526. The Kier molecular flexibility index (Phi) is 4.16. The number of imidazole rings is 1. The first-order valence-electron chi connectivity index (χ1n) is 7.95. The van der Waals surface area contributed by atoms with Gasteiger partial charge in [-0.3, -0.25) is 4.57 Å². The molecular formula is C19H16N6. The van der Waals surface area contributed by atoms with Crippen LogP contribution in [0.2, 0.25) is 0 Å². The summed E-state index contributed by atoms with van der Waals surface area (Å²) in [5.74, 6) is 1.57. The van der Waals surface area contributed by atoms with E-state index < -0.39 is 0 Å². The molecule has 0 atom stereocenters. The molecule has 0 unspecified atom stereocenters. The molecule has 6 heteroatoms. The van der Waals surface area contributed by atoms with E-state index in [9.17, 15) is 0 Å². The number of nitrogens with one attached hydrogen (secondary N) is 1. The summed E-state index contributed by atoms with van der Waals surface area (Å²) in [5.41, 5.74) is 2.96. The van der Waals surface area contributed by atoms with Crippen LogP contribution in [0.4, 0.5) is 5.82 Å². The number of hydrogen-bond acceptors (Lipinski definition) is 5. The highest BCUT2D eigenvalue weighted by Crippen LogP contribution is 2.17. The van der Waals surface area contributed by atoms with Crippen LogP contribution in [0.1, 0.15) is 5.56 Å². The summed E-state index contributed by atoms with van der Waals surface area (Å²) >= 11 is 0. The Balaban J connectivity index is 1.49. The molecular weight excluding hydrogens is 312 g/mol. The number of nitrogens with zero attached hydrogens (tertiary/aromatic N) is 5. The maximum Gasteiger partial charge on any atom is 0.148 e. The molecule has 0 spiro atoms. The molecule has 0 aliphatic heterocycles. The minimum Gasteiger partial charge on any atom is -0.364 e. The van der Waals surface area contributed by atoms with Crippen molar-refractivity contribution in [3.63, 3.8) is 0 Å². The second kappa shape index (κ2) is 6.92. The highest BCUT2D eigenvalue weighted by atomic mass is 15.2. The van der Waals surface area contributed by atoms with Crippen LogP contribution in [0.15, 0.2) is 79.5 Å². The lowest BCUT2D eigenvalue weighted by Crippen LogP contribution is -2.07. The van der Waals surface area contributed by atoms with E-state index in [1.54, 1.807) is 18.7 Å². The van der Waals surface area contributed by atoms with Crippen molar-refractivity contribution in [1.29, 1.82) is 0 Å². The van der Waals surface area contributed by atoms with Crippen molar-refractivity contribution < 1.29 is 0 Å². The Bertz CT molecular complexity index is 933. The molecule has 4 rings (SSSR count). The number of anilines is 1. The van der Waals surface area contributed by atoms with E-state index in [-0.39, 0.29) is 0 Å². The second-order valence-electron chi connectivity index (χ2n) is 5.48. The topological polar surface area (TPSA) is 68.5 Å². The Morgan fingerprint density at radius 1 is 0.880 bits per heavy atom. The number of hydrogen-bond donors (Lipinski definition) is 1. The first-order chi connectivity index (χ1) is 12.4. The molecule has 6 nitrogen and oxygen atoms in total. The predicted octanol–water partition coefficient (Wildman–Crippen LogP) is 3.34. The highest BCUT2D eigenvalue weighted by Gasteiger charge is 2.06. The lowest BCUT2D eigenvalue weighted by molar-refractivity contribution is 0.939. The smallest absolute Gasteiger partial charge is 0.148 e. The molecule has 0 amide bonds. The molecule has 25 heavy (non-hydrogen) atoms. The van der Waals surface area contributed by atoms with Gasteiger partial charge in [-0.15, -0.1) is 10.2 Å². The standard InChI is InChI=1S/C19H16N6/c1-2-5-15(6-3-1)17-8-9-18(24-23-17)22-13-16-7-4-10-21-19(16)25-12-11-20-14-25/h1-12,14H,13H2,(H,22,24). The van der Waals surface area contributed by atoms with Crippen molar-refractivity contribution in [2.45, 2.75) is 6.54 Å². The van der Waals surface area contributed by atoms with Gasteiger partial charge in [-0.1, -0.05) is 36.4 Å². The molecule has 0 fully saturated rings. The van der Waals surface area contributed by atoms with E-state index in [0.29, 0.717) is 6.54 Å². The Labute approximate surface area is 145 Å². The van der Waals surface area contributed by atoms with Crippen molar-refractivity contribution in [1.82, 2.24) is 24.7 Å². The fourth-order valence-corrected chi connectivity index (χ4v) is 2.56. The Morgan fingerprint density at radius 3 is 2.56 bits per heavy atom. The Morgan fingerprint density at radius 2 is 1.80 bits per heavy atom. The molecule has 122 valence electrons. The monoisotopic (exact) mass is 328 g/mol. The zero-order chi connectivity index (χ0) is 16.9. The molecule has 3 heterocycles. The fourth-order valence-electron chi connectivity index (χ4n) is 2.56. The van der Waals surface area contributed by atoms with Gasteiger partial charge < -0.3 is 5.32 Å². The van der Waals surface area contributed by atoms with Crippen molar-refractivity contribution in [3.05, 3.63) is 85.1 Å². The summed E-state index contributed by atoms with van der Waals surface area (Å²) in [7, 11) is 0. The Hall–Kier alpha value is -3.54. The average Bonchev–Trinajstić information content (AvgIpc) is 3.22. The summed E-state index contributed by atoms with van der Waals surface area (Å²) in [6.45, 7) is 0.598. The molecule has 0 radical (unpaired) electrons. The van der Waals surface area contributed by atoms with Crippen LogP contribution in [0.5, 0.6) is 0 Å². The van der Waals surface area contributed by atoms with E-state index in [4.69, 9.17) is 0 Å². The van der Waals surface area contributed by atoms with Crippen LogP contribution in [0.25, 0.3) is 17.1 Å². The maximum atomic E-state index is 4.43. The van der Waals surface area contributed by atoms with Crippen molar-refractivity contribution in [3.8, 4) is 17.1 Å². The largest absolute Gasteiger partial charge is 0.364 e. The van der Waals surface area contributed by atoms with Crippen molar-refractivity contribution in [2.75, 3.05) is 5.32 Å². The summed E-state index contributed by atoms with van der Waals surface area (Å²) in [6.07, 6.45) is 7.12. The molecule has 4 aromatic rings. The van der Waals surface area contributed by atoms with Crippen LogP contribution in [0, 0.1) is 0 Å². The van der Waals surface area contributed by atoms with Gasteiger partial charge >= 0.3 is 0 Å². The lowest BCUT2D eigenvalue weighted by Gasteiger charge is -2.10. The average molecular weight is 328 g/mol. The van der Waals surface area contributed by atoms with Gasteiger partial charge in [0.15, 0.2) is 0 Å². The van der Waals surface area contributed by atoms with Crippen LogP contribution >= 0.6 is 0 Å². The van der Waals surface area contributed by atoms with Gasteiger partial charge in [0.25, 0.3) is 0 Å². The number of aromatic nitrogens is 5. The van der Waals surface area contributed by atoms with Crippen molar-refractivity contribution >= 4 is 5.82 Å². The first kappa shape index (κ1) is 15.0. The quantitative estimate of drug-likeness (QED) is 0.608. The van der Waals surface area contributed by atoms with Crippen LogP contribution < -0.4 is 5.32 Å². The molecule has 1 N–H and O–H groups in total. The van der Waals surface area contributed by atoms with E-state index >= 15 is 0 Å². The predicted molar refractivity (Wildman–Crippen MR) is 96.2 cm³/mol.